The van der Waals surface area contributed by atoms with Crippen molar-refractivity contribution in [1.29, 1.82) is 5.26 Å². The van der Waals surface area contributed by atoms with E-state index in [0.717, 1.165) is 35.2 Å². The van der Waals surface area contributed by atoms with E-state index in [-0.39, 0.29) is 5.91 Å². The molecule has 7 heteroatoms. The number of fused-ring (bicyclic) bond motifs is 1. The summed E-state index contributed by atoms with van der Waals surface area (Å²) in [6.07, 6.45) is 4.91. The zero-order valence-corrected chi connectivity index (χ0v) is 18.6. The first-order valence-corrected chi connectivity index (χ1v) is 11.7. The average molecular weight is 450 g/mol. The Morgan fingerprint density at radius 1 is 1.09 bits per heavy atom. The summed E-state index contributed by atoms with van der Waals surface area (Å²) in [5.41, 5.74) is 3.53. The molecule has 0 radical (unpaired) electrons. The number of carbonyl (C=O) groups is 1. The molecule has 7 nitrogen and oxygen atoms in total. The third-order valence-corrected chi connectivity index (χ3v) is 7.01. The molecule has 4 aromatic rings. The second-order valence-corrected chi connectivity index (χ2v) is 9.14. The lowest BCUT2D eigenvalue weighted by atomic mass is 9.76. The van der Waals surface area contributed by atoms with Gasteiger partial charge in [-0.1, -0.05) is 41.6 Å². The van der Waals surface area contributed by atoms with E-state index in [9.17, 15) is 10.1 Å². The Bertz CT molecular complexity index is 1400. The first-order valence-electron chi connectivity index (χ1n) is 11.7. The molecule has 0 N–H and O–H groups in total. The molecule has 3 aromatic heterocycles. The van der Waals surface area contributed by atoms with Crippen LogP contribution in [0.2, 0.25) is 0 Å². The molecule has 0 bridgehead atoms. The van der Waals surface area contributed by atoms with E-state index in [1.165, 1.54) is 0 Å². The third-order valence-electron chi connectivity index (χ3n) is 7.01. The predicted octanol–water partition coefficient (Wildman–Crippen LogP) is 4.86. The van der Waals surface area contributed by atoms with Crippen LogP contribution in [0.1, 0.15) is 53.3 Å². The van der Waals surface area contributed by atoms with Gasteiger partial charge in [0.1, 0.15) is 5.41 Å². The number of carbonyl (C=O) groups excluding carboxylic acids is 1. The van der Waals surface area contributed by atoms with E-state index in [1.807, 2.05) is 59.5 Å². The quantitative estimate of drug-likeness (QED) is 0.441. The topological polar surface area (TPSA) is 95.9 Å². The van der Waals surface area contributed by atoms with Crippen LogP contribution in [0.15, 0.2) is 65.3 Å². The van der Waals surface area contributed by atoms with Gasteiger partial charge >= 0.3 is 0 Å². The van der Waals surface area contributed by atoms with Gasteiger partial charge in [0, 0.05) is 30.8 Å². The van der Waals surface area contributed by atoms with E-state index >= 15 is 0 Å². The summed E-state index contributed by atoms with van der Waals surface area (Å²) in [7, 11) is 0. The number of amides is 1. The fourth-order valence-corrected chi connectivity index (χ4v) is 4.87. The summed E-state index contributed by atoms with van der Waals surface area (Å²) in [4.78, 5) is 24.8. The van der Waals surface area contributed by atoms with Crippen LogP contribution in [0.25, 0.3) is 22.4 Å². The molecule has 2 fully saturated rings. The number of benzene rings is 1. The van der Waals surface area contributed by atoms with Crippen molar-refractivity contribution in [2.24, 2.45) is 0 Å². The van der Waals surface area contributed by atoms with Crippen molar-refractivity contribution in [1.82, 2.24) is 20.0 Å². The van der Waals surface area contributed by atoms with Crippen molar-refractivity contribution in [3.8, 4) is 17.3 Å². The standard InChI is InChI=1S/C27H23N5O2/c28-17-27(22-8-4-5-13-29-22)11-14-32(15-12-27)26(33)20-16-21(18-6-2-1-3-7-18)30-25-23(20)24(31-34-25)19-9-10-19/h1-8,13,16,19H,9-12,14-15H2. The highest BCUT2D eigenvalue weighted by molar-refractivity contribution is 6.07. The Morgan fingerprint density at radius 2 is 1.85 bits per heavy atom. The minimum Gasteiger partial charge on any atom is -0.338 e. The second-order valence-electron chi connectivity index (χ2n) is 9.14. The lowest BCUT2D eigenvalue weighted by Gasteiger charge is -2.37. The van der Waals surface area contributed by atoms with Crippen LogP contribution in [0.4, 0.5) is 0 Å². The molecule has 1 saturated carbocycles. The highest BCUT2D eigenvalue weighted by atomic mass is 16.5. The normalized spacial score (nSPS) is 17.4. The van der Waals surface area contributed by atoms with Crippen LogP contribution in [0.3, 0.4) is 0 Å². The number of aromatic nitrogens is 3. The first kappa shape index (κ1) is 20.5. The molecule has 0 unspecified atom stereocenters. The molecule has 6 rings (SSSR count). The summed E-state index contributed by atoms with van der Waals surface area (Å²) in [5, 5.41) is 15.0. The fourth-order valence-electron chi connectivity index (χ4n) is 4.87. The summed E-state index contributed by atoms with van der Waals surface area (Å²) < 4.78 is 5.62. The Labute approximate surface area is 197 Å². The van der Waals surface area contributed by atoms with Gasteiger partial charge in [-0.15, -0.1) is 0 Å². The Kier molecular flexibility index (Phi) is 4.88. The van der Waals surface area contributed by atoms with E-state index in [0.29, 0.717) is 48.8 Å². The molecule has 2 aliphatic rings. The van der Waals surface area contributed by atoms with Gasteiger partial charge in [-0.3, -0.25) is 9.78 Å². The van der Waals surface area contributed by atoms with E-state index in [2.05, 4.69) is 21.2 Å². The predicted molar refractivity (Wildman–Crippen MR) is 126 cm³/mol. The zero-order valence-electron chi connectivity index (χ0n) is 18.6. The first-order chi connectivity index (χ1) is 16.7. The summed E-state index contributed by atoms with van der Waals surface area (Å²) in [6, 6.07) is 19.8. The van der Waals surface area contributed by atoms with Gasteiger partial charge in [0.05, 0.1) is 34.1 Å². The largest absolute Gasteiger partial charge is 0.338 e. The maximum atomic E-state index is 13.9. The highest BCUT2D eigenvalue weighted by Crippen LogP contribution is 2.44. The van der Waals surface area contributed by atoms with Crippen LogP contribution >= 0.6 is 0 Å². The van der Waals surface area contributed by atoms with Crippen LogP contribution in [0.5, 0.6) is 0 Å². The number of nitriles is 1. The average Bonchev–Trinajstić information content (AvgIpc) is 3.67. The molecule has 4 heterocycles. The second kappa shape index (κ2) is 8.07. The van der Waals surface area contributed by atoms with Crippen LogP contribution in [-0.2, 0) is 5.41 Å². The minimum absolute atomic E-state index is 0.0674. The number of pyridine rings is 2. The lowest BCUT2D eigenvalue weighted by molar-refractivity contribution is 0.0692. The molecule has 0 atom stereocenters. The van der Waals surface area contributed by atoms with Crippen molar-refractivity contribution in [3.63, 3.8) is 0 Å². The van der Waals surface area contributed by atoms with Crippen LogP contribution in [0, 0.1) is 11.3 Å². The Balaban J connectivity index is 1.36. The van der Waals surface area contributed by atoms with Gasteiger partial charge in [-0.25, -0.2) is 4.98 Å². The monoisotopic (exact) mass is 449 g/mol. The van der Waals surface area contributed by atoms with Gasteiger partial charge < -0.3 is 9.42 Å². The molecular formula is C27H23N5O2. The third kappa shape index (κ3) is 3.43. The number of nitrogens with zero attached hydrogens (tertiary/aromatic N) is 5. The lowest BCUT2D eigenvalue weighted by Crippen LogP contribution is -2.45. The van der Waals surface area contributed by atoms with Gasteiger partial charge in [0.25, 0.3) is 11.6 Å². The van der Waals surface area contributed by atoms with Gasteiger partial charge in [0.15, 0.2) is 0 Å². The van der Waals surface area contributed by atoms with Gasteiger partial charge in [-0.05, 0) is 43.9 Å². The molecule has 34 heavy (non-hydrogen) atoms. The Hall–Kier alpha value is -4.05. The number of rotatable bonds is 4. The summed E-state index contributed by atoms with van der Waals surface area (Å²) >= 11 is 0. The van der Waals surface area contributed by atoms with Gasteiger partial charge in [0.2, 0.25) is 0 Å². The number of piperidine rings is 1. The van der Waals surface area contributed by atoms with E-state index in [1.54, 1.807) is 6.20 Å². The van der Waals surface area contributed by atoms with Gasteiger partial charge in [-0.2, -0.15) is 5.26 Å². The highest BCUT2D eigenvalue weighted by Gasteiger charge is 2.40. The van der Waals surface area contributed by atoms with E-state index in [4.69, 9.17) is 4.52 Å². The maximum absolute atomic E-state index is 13.9. The minimum atomic E-state index is -0.669. The molecule has 1 amide bonds. The molecule has 0 spiro atoms. The molecule has 1 saturated heterocycles. The SMILES string of the molecule is N#CC1(c2ccccn2)CCN(C(=O)c2cc(-c3ccccc3)nc3onc(C4CC4)c23)CC1. The summed E-state index contributed by atoms with van der Waals surface area (Å²) in [5.74, 6) is 0.260. The smallest absolute Gasteiger partial charge is 0.259 e. The van der Waals surface area contributed by atoms with Crippen molar-refractivity contribution < 1.29 is 9.32 Å². The molecular weight excluding hydrogens is 426 g/mol. The van der Waals surface area contributed by atoms with Crippen molar-refractivity contribution >= 4 is 17.0 Å². The summed E-state index contributed by atoms with van der Waals surface area (Å²) in [6.45, 7) is 0.967. The number of hydrogen-bond acceptors (Lipinski definition) is 6. The zero-order chi connectivity index (χ0) is 23.1. The Morgan fingerprint density at radius 3 is 2.53 bits per heavy atom. The molecule has 1 aromatic carbocycles. The van der Waals surface area contributed by atoms with Crippen LogP contribution in [-0.4, -0.2) is 39.0 Å². The van der Waals surface area contributed by atoms with Crippen molar-refractivity contribution in [2.75, 3.05) is 13.1 Å². The molecule has 168 valence electrons. The molecule has 1 aliphatic heterocycles. The number of likely N-dealkylation sites (tertiary alicyclic amines) is 1. The number of hydrogen-bond donors (Lipinski definition) is 0. The maximum Gasteiger partial charge on any atom is 0.259 e. The van der Waals surface area contributed by atoms with Crippen molar-refractivity contribution in [2.45, 2.75) is 37.0 Å². The van der Waals surface area contributed by atoms with Crippen LogP contribution < -0.4 is 0 Å². The van der Waals surface area contributed by atoms with Crippen molar-refractivity contribution in [3.05, 3.63) is 77.7 Å². The fraction of sp³-hybridized carbons (Fsp3) is 0.296. The molecule has 1 aliphatic carbocycles. The van der Waals surface area contributed by atoms with E-state index < -0.39 is 5.41 Å².